The van der Waals surface area contributed by atoms with Crippen molar-refractivity contribution in [3.05, 3.63) is 30.1 Å². The average molecular weight is 236 g/mol. The predicted octanol–water partition coefficient (Wildman–Crippen LogP) is 2.94. The third-order valence-electron chi connectivity index (χ3n) is 2.98. The number of methoxy groups -OCH3 is 1. The molecule has 96 valence electrons. The van der Waals surface area contributed by atoms with E-state index < -0.39 is 0 Å². The smallest absolute Gasteiger partial charge is 0.0640 e. The standard InChI is InChI=1S/C14H24N2O/c1-5-8-16-13(10-14(2,3)17-4)12-7-6-9-15-11-12/h6-7,9,11,13,16H,5,8,10H2,1-4H3. The van der Waals surface area contributed by atoms with Gasteiger partial charge in [0.1, 0.15) is 0 Å². The van der Waals surface area contributed by atoms with Crippen molar-refractivity contribution in [2.45, 2.75) is 45.3 Å². The van der Waals surface area contributed by atoms with Crippen LogP contribution in [0.2, 0.25) is 0 Å². The number of hydrogen-bond acceptors (Lipinski definition) is 3. The Balaban J connectivity index is 2.74. The average Bonchev–Trinajstić information content (AvgIpc) is 2.35. The lowest BCUT2D eigenvalue weighted by atomic mass is 9.94. The topological polar surface area (TPSA) is 34.1 Å². The van der Waals surface area contributed by atoms with Crippen molar-refractivity contribution in [2.24, 2.45) is 0 Å². The molecule has 0 aromatic carbocycles. The van der Waals surface area contributed by atoms with Crippen LogP contribution in [0.25, 0.3) is 0 Å². The van der Waals surface area contributed by atoms with E-state index >= 15 is 0 Å². The van der Waals surface area contributed by atoms with Gasteiger partial charge in [0.05, 0.1) is 5.60 Å². The van der Waals surface area contributed by atoms with Gasteiger partial charge < -0.3 is 10.1 Å². The minimum Gasteiger partial charge on any atom is -0.379 e. The molecule has 1 heterocycles. The van der Waals surface area contributed by atoms with E-state index in [1.165, 1.54) is 5.56 Å². The third kappa shape index (κ3) is 4.84. The molecule has 0 saturated heterocycles. The lowest BCUT2D eigenvalue weighted by Crippen LogP contribution is -2.32. The molecular weight excluding hydrogens is 212 g/mol. The fourth-order valence-electron chi connectivity index (χ4n) is 1.78. The number of hydrogen-bond donors (Lipinski definition) is 1. The van der Waals surface area contributed by atoms with Gasteiger partial charge in [-0.2, -0.15) is 0 Å². The summed E-state index contributed by atoms with van der Waals surface area (Å²) >= 11 is 0. The maximum absolute atomic E-state index is 5.51. The van der Waals surface area contributed by atoms with Crippen LogP contribution in [-0.2, 0) is 4.74 Å². The van der Waals surface area contributed by atoms with E-state index in [2.05, 4.69) is 37.1 Å². The second kappa shape index (κ2) is 6.72. The molecule has 0 aliphatic rings. The highest BCUT2D eigenvalue weighted by molar-refractivity contribution is 5.14. The van der Waals surface area contributed by atoms with Crippen molar-refractivity contribution in [3.8, 4) is 0 Å². The summed E-state index contributed by atoms with van der Waals surface area (Å²) in [4.78, 5) is 4.19. The first-order chi connectivity index (χ1) is 8.09. The Kier molecular flexibility index (Phi) is 5.59. The Morgan fingerprint density at radius 1 is 1.47 bits per heavy atom. The van der Waals surface area contributed by atoms with Crippen molar-refractivity contribution in [3.63, 3.8) is 0 Å². The van der Waals surface area contributed by atoms with Crippen molar-refractivity contribution >= 4 is 0 Å². The van der Waals surface area contributed by atoms with Crippen LogP contribution in [0.1, 0.15) is 45.2 Å². The van der Waals surface area contributed by atoms with E-state index in [1.54, 1.807) is 7.11 Å². The first-order valence-electron chi connectivity index (χ1n) is 6.27. The van der Waals surface area contributed by atoms with Crippen LogP contribution in [0.3, 0.4) is 0 Å². The summed E-state index contributed by atoms with van der Waals surface area (Å²) in [5.41, 5.74) is 1.10. The number of nitrogens with zero attached hydrogens (tertiary/aromatic N) is 1. The molecule has 3 nitrogen and oxygen atoms in total. The highest BCUT2D eigenvalue weighted by Crippen LogP contribution is 2.25. The second-order valence-electron chi connectivity index (χ2n) is 4.96. The third-order valence-corrected chi connectivity index (χ3v) is 2.98. The minimum absolute atomic E-state index is 0.124. The SMILES string of the molecule is CCCNC(CC(C)(C)OC)c1cccnc1. The molecule has 0 aliphatic heterocycles. The quantitative estimate of drug-likeness (QED) is 0.790. The molecule has 0 saturated carbocycles. The Hall–Kier alpha value is -0.930. The molecule has 1 N–H and O–H groups in total. The molecule has 0 spiro atoms. The molecule has 1 atom stereocenters. The molecule has 0 bridgehead atoms. The van der Waals surface area contributed by atoms with Crippen LogP contribution in [-0.4, -0.2) is 24.2 Å². The zero-order valence-electron chi connectivity index (χ0n) is 11.4. The van der Waals surface area contributed by atoms with Gasteiger partial charge in [-0.3, -0.25) is 4.98 Å². The molecule has 1 rings (SSSR count). The van der Waals surface area contributed by atoms with Crippen molar-refractivity contribution in [1.82, 2.24) is 10.3 Å². The van der Waals surface area contributed by atoms with Crippen molar-refractivity contribution in [1.29, 1.82) is 0 Å². The van der Waals surface area contributed by atoms with Gasteiger partial charge in [-0.1, -0.05) is 13.0 Å². The monoisotopic (exact) mass is 236 g/mol. The van der Waals surface area contributed by atoms with Gasteiger partial charge in [-0.05, 0) is 44.9 Å². The fourth-order valence-corrected chi connectivity index (χ4v) is 1.78. The zero-order valence-corrected chi connectivity index (χ0v) is 11.4. The second-order valence-corrected chi connectivity index (χ2v) is 4.96. The number of aromatic nitrogens is 1. The van der Waals surface area contributed by atoms with Crippen LogP contribution in [0, 0.1) is 0 Å². The molecule has 1 unspecified atom stereocenters. The molecule has 0 fully saturated rings. The summed E-state index contributed by atoms with van der Waals surface area (Å²) in [6.07, 6.45) is 5.81. The highest BCUT2D eigenvalue weighted by atomic mass is 16.5. The van der Waals surface area contributed by atoms with Gasteiger partial charge in [-0.15, -0.1) is 0 Å². The maximum Gasteiger partial charge on any atom is 0.0640 e. The Morgan fingerprint density at radius 3 is 2.76 bits per heavy atom. The van der Waals surface area contributed by atoms with Gasteiger partial charge in [0.15, 0.2) is 0 Å². The summed E-state index contributed by atoms with van der Waals surface area (Å²) in [6.45, 7) is 7.42. The summed E-state index contributed by atoms with van der Waals surface area (Å²) in [6, 6.07) is 4.40. The van der Waals surface area contributed by atoms with E-state index in [4.69, 9.17) is 4.74 Å². The Morgan fingerprint density at radius 2 is 2.24 bits per heavy atom. The van der Waals surface area contributed by atoms with E-state index in [0.717, 1.165) is 19.4 Å². The number of rotatable bonds is 7. The first-order valence-corrected chi connectivity index (χ1v) is 6.27. The van der Waals surface area contributed by atoms with Gasteiger partial charge in [0.2, 0.25) is 0 Å². The number of nitrogens with one attached hydrogen (secondary N) is 1. The number of pyridine rings is 1. The van der Waals surface area contributed by atoms with E-state index in [-0.39, 0.29) is 5.60 Å². The molecule has 1 aromatic heterocycles. The molecular formula is C14H24N2O. The molecule has 17 heavy (non-hydrogen) atoms. The largest absolute Gasteiger partial charge is 0.379 e. The van der Waals surface area contributed by atoms with E-state index in [9.17, 15) is 0 Å². The molecule has 0 radical (unpaired) electrons. The lowest BCUT2D eigenvalue weighted by molar-refractivity contribution is 0.00682. The van der Waals surface area contributed by atoms with Crippen LogP contribution in [0.15, 0.2) is 24.5 Å². The summed E-state index contributed by atoms with van der Waals surface area (Å²) in [7, 11) is 1.76. The minimum atomic E-state index is -0.124. The maximum atomic E-state index is 5.51. The zero-order chi connectivity index (χ0) is 12.7. The summed E-state index contributed by atoms with van der Waals surface area (Å²) < 4.78 is 5.51. The van der Waals surface area contributed by atoms with E-state index in [0.29, 0.717) is 6.04 Å². The fraction of sp³-hybridized carbons (Fsp3) is 0.643. The lowest BCUT2D eigenvalue weighted by Gasteiger charge is -2.29. The van der Waals surface area contributed by atoms with Crippen LogP contribution < -0.4 is 5.32 Å². The summed E-state index contributed by atoms with van der Waals surface area (Å²) in [5.74, 6) is 0. The van der Waals surface area contributed by atoms with E-state index in [1.807, 2.05) is 18.5 Å². The molecule has 0 aliphatic carbocycles. The van der Waals surface area contributed by atoms with Gasteiger partial charge >= 0.3 is 0 Å². The summed E-state index contributed by atoms with van der Waals surface area (Å²) in [5, 5.41) is 3.56. The van der Waals surface area contributed by atoms with Crippen molar-refractivity contribution < 1.29 is 4.74 Å². The highest BCUT2D eigenvalue weighted by Gasteiger charge is 2.23. The van der Waals surface area contributed by atoms with Gasteiger partial charge in [0, 0.05) is 25.5 Å². The molecule has 1 aromatic rings. The van der Waals surface area contributed by atoms with Crippen molar-refractivity contribution in [2.75, 3.05) is 13.7 Å². The molecule has 3 heteroatoms. The Labute approximate surface area is 105 Å². The van der Waals surface area contributed by atoms with Crippen LogP contribution in [0.5, 0.6) is 0 Å². The predicted molar refractivity (Wildman–Crippen MR) is 71.0 cm³/mol. The Bertz CT molecular complexity index is 311. The number of ether oxygens (including phenoxy) is 1. The van der Waals surface area contributed by atoms with Gasteiger partial charge in [0.25, 0.3) is 0 Å². The molecule has 0 amide bonds. The van der Waals surface area contributed by atoms with Crippen LogP contribution in [0.4, 0.5) is 0 Å². The first kappa shape index (κ1) is 14.1. The van der Waals surface area contributed by atoms with Gasteiger partial charge in [-0.25, -0.2) is 0 Å². The normalized spacial score (nSPS) is 13.6. The van der Waals surface area contributed by atoms with Crippen LogP contribution >= 0.6 is 0 Å².